The van der Waals surface area contributed by atoms with Gasteiger partial charge in [0.1, 0.15) is 11.5 Å². The second-order valence-electron chi connectivity index (χ2n) is 11.1. The molecule has 0 heterocycles. The number of Topliss-reactive ketones (excluding diaryl/α,β-unsaturated/α-hetero) is 1. The summed E-state index contributed by atoms with van der Waals surface area (Å²) in [7, 11) is -0.313. The quantitative estimate of drug-likeness (QED) is 0.389. The van der Waals surface area contributed by atoms with Gasteiger partial charge in [-0.05, 0) is 47.9 Å². The Labute approximate surface area is 216 Å². The highest BCUT2D eigenvalue weighted by molar-refractivity contribution is 6.91. The predicted molar refractivity (Wildman–Crippen MR) is 145 cm³/mol. The molecule has 0 aliphatic heterocycles. The Morgan fingerprint density at radius 3 is 2.33 bits per heavy atom. The molecular formula is C30H40O5Si. The van der Waals surface area contributed by atoms with Crippen molar-refractivity contribution >= 4 is 19.0 Å². The fourth-order valence-corrected chi connectivity index (χ4v) is 9.87. The number of carbonyl (C=O) groups is 1. The van der Waals surface area contributed by atoms with E-state index in [4.69, 9.17) is 9.47 Å². The van der Waals surface area contributed by atoms with Crippen LogP contribution in [-0.4, -0.2) is 50.0 Å². The van der Waals surface area contributed by atoms with Gasteiger partial charge < -0.3 is 19.7 Å². The molecule has 0 bridgehead atoms. The van der Waals surface area contributed by atoms with Crippen LogP contribution in [0.4, 0.5) is 0 Å². The molecule has 0 saturated heterocycles. The number of hydrogen-bond acceptors (Lipinski definition) is 5. The van der Waals surface area contributed by atoms with Gasteiger partial charge in [-0.1, -0.05) is 72.9 Å². The molecule has 7 atom stereocenters. The molecule has 4 rings (SSSR count). The molecule has 1 fully saturated rings. The summed E-state index contributed by atoms with van der Waals surface area (Å²) in [6.45, 7) is 7.25. The lowest BCUT2D eigenvalue weighted by Gasteiger charge is -2.50. The summed E-state index contributed by atoms with van der Waals surface area (Å²) in [5.74, 6) is 1.16. The van der Waals surface area contributed by atoms with Crippen molar-refractivity contribution in [3.63, 3.8) is 0 Å². The minimum Gasteiger partial charge on any atom is -0.497 e. The average Bonchev–Trinajstić information content (AvgIpc) is 2.88. The van der Waals surface area contributed by atoms with Crippen LogP contribution >= 0.6 is 0 Å². The van der Waals surface area contributed by atoms with E-state index in [1.807, 2.05) is 30.3 Å². The van der Waals surface area contributed by atoms with E-state index in [2.05, 4.69) is 49.5 Å². The van der Waals surface area contributed by atoms with Gasteiger partial charge in [0.2, 0.25) is 0 Å². The first-order valence-corrected chi connectivity index (χ1v) is 16.1. The second kappa shape index (κ2) is 11.4. The number of rotatable bonds is 9. The SMILES string of the molecule is COc1ccc(COC[C@H]2[C@@H]([C@@H](O)[C@@H](C)O)C=C[C@@H]3[C@H]2CC(=O)C[C@@H]3[Si](C)(C)c2ccccc2)cc1. The number of ketones is 1. The van der Waals surface area contributed by atoms with E-state index in [1.165, 1.54) is 5.19 Å². The first-order valence-electron chi connectivity index (χ1n) is 13.0. The molecule has 0 unspecified atom stereocenters. The van der Waals surface area contributed by atoms with Crippen LogP contribution in [0, 0.1) is 23.7 Å². The molecule has 2 aromatic carbocycles. The summed E-state index contributed by atoms with van der Waals surface area (Å²) < 4.78 is 11.5. The third-order valence-corrected chi connectivity index (χ3v) is 12.8. The van der Waals surface area contributed by atoms with Crippen LogP contribution in [0.5, 0.6) is 5.75 Å². The Morgan fingerprint density at radius 1 is 1.00 bits per heavy atom. The third kappa shape index (κ3) is 5.67. The maximum atomic E-state index is 13.2. The van der Waals surface area contributed by atoms with Crippen LogP contribution in [0.25, 0.3) is 0 Å². The van der Waals surface area contributed by atoms with Gasteiger partial charge in [-0.2, -0.15) is 0 Å². The van der Waals surface area contributed by atoms with Crippen molar-refractivity contribution < 1.29 is 24.5 Å². The fraction of sp³-hybridized carbons (Fsp3) is 0.500. The predicted octanol–water partition coefficient (Wildman–Crippen LogP) is 4.34. The molecule has 5 nitrogen and oxygen atoms in total. The van der Waals surface area contributed by atoms with E-state index >= 15 is 0 Å². The molecule has 2 aromatic rings. The van der Waals surface area contributed by atoms with Crippen LogP contribution in [0.1, 0.15) is 25.3 Å². The van der Waals surface area contributed by atoms with Crippen LogP contribution in [-0.2, 0) is 16.1 Å². The Kier molecular flexibility index (Phi) is 8.51. The molecule has 2 aliphatic rings. The van der Waals surface area contributed by atoms with Crippen molar-refractivity contribution in [2.24, 2.45) is 23.7 Å². The standard InChI is InChI=1S/C30H40O5Si/c1-20(31)30(33)26-15-14-25-27(28(26)19-35-18-21-10-12-23(34-2)13-11-21)16-22(32)17-29(25)36(3,4)24-8-6-5-7-9-24/h5-15,20,25-31,33H,16-19H2,1-4H3/t20-,25-,26+,27-,28+,29+,30+/m1/s1. The number of fused-ring (bicyclic) bond motifs is 1. The van der Waals surface area contributed by atoms with Gasteiger partial charge in [-0.15, -0.1) is 0 Å². The normalized spacial score (nSPS) is 27.8. The average molecular weight is 509 g/mol. The lowest BCUT2D eigenvalue weighted by molar-refractivity contribution is -0.125. The molecular weight excluding hydrogens is 468 g/mol. The highest BCUT2D eigenvalue weighted by Crippen LogP contribution is 2.51. The highest BCUT2D eigenvalue weighted by atomic mass is 28.3. The third-order valence-electron chi connectivity index (χ3n) is 8.54. The Morgan fingerprint density at radius 2 is 1.69 bits per heavy atom. The van der Waals surface area contributed by atoms with Crippen molar-refractivity contribution in [2.75, 3.05) is 13.7 Å². The smallest absolute Gasteiger partial charge is 0.133 e. The molecule has 194 valence electrons. The molecule has 0 amide bonds. The lowest BCUT2D eigenvalue weighted by atomic mass is 9.63. The first-order chi connectivity index (χ1) is 17.2. The minimum atomic E-state index is -1.96. The van der Waals surface area contributed by atoms with Crippen molar-refractivity contribution in [3.8, 4) is 5.75 Å². The molecule has 0 spiro atoms. The van der Waals surface area contributed by atoms with E-state index in [9.17, 15) is 15.0 Å². The van der Waals surface area contributed by atoms with E-state index in [1.54, 1.807) is 14.0 Å². The minimum absolute atomic E-state index is 0.0461. The number of benzene rings is 2. The number of aliphatic hydroxyl groups excluding tert-OH is 2. The summed E-state index contributed by atoms with van der Waals surface area (Å²) in [5, 5.41) is 22.5. The van der Waals surface area contributed by atoms with Gasteiger partial charge in [0, 0.05) is 18.8 Å². The molecule has 2 aliphatic carbocycles. The van der Waals surface area contributed by atoms with Crippen LogP contribution < -0.4 is 9.92 Å². The number of aliphatic hydroxyl groups is 2. The zero-order chi connectivity index (χ0) is 25.9. The Balaban J connectivity index is 1.59. The summed E-state index contributed by atoms with van der Waals surface area (Å²) in [6.07, 6.45) is 3.71. The zero-order valence-electron chi connectivity index (χ0n) is 21.8. The molecule has 6 heteroatoms. The fourth-order valence-electron chi connectivity index (χ4n) is 6.34. The number of allylic oxidation sites excluding steroid dienone is 1. The summed E-state index contributed by atoms with van der Waals surface area (Å²) in [4.78, 5) is 13.2. The largest absolute Gasteiger partial charge is 0.497 e. The van der Waals surface area contributed by atoms with Gasteiger partial charge in [0.05, 0.1) is 40.6 Å². The molecule has 2 N–H and O–H groups in total. The summed E-state index contributed by atoms with van der Waals surface area (Å²) >= 11 is 0. The van der Waals surface area contributed by atoms with E-state index in [0.29, 0.717) is 31.8 Å². The first kappa shape index (κ1) is 26.8. The number of carbonyl (C=O) groups excluding carboxylic acids is 1. The van der Waals surface area contributed by atoms with Gasteiger partial charge in [-0.3, -0.25) is 4.79 Å². The Hall–Kier alpha value is -2.25. The highest BCUT2D eigenvalue weighted by Gasteiger charge is 2.51. The van der Waals surface area contributed by atoms with Crippen LogP contribution in [0.2, 0.25) is 18.6 Å². The summed E-state index contributed by atoms with van der Waals surface area (Å²) in [6, 6.07) is 18.4. The molecule has 1 saturated carbocycles. The molecule has 0 radical (unpaired) electrons. The van der Waals surface area contributed by atoms with Gasteiger partial charge in [0.25, 0.3) is 0 Å². The molecule has 0 aromatic heterocycles. The van der Waals surface area contributed by atoms with Crippen LogP contribution in [0.3, 0.4) is 0 Å². The number of hydrogen-bond donors (Lipinski definition) is 2. The van der Waals surface area contributed by atoms with Crippen molar-refractivity contribution in [3.05, 3.63) is 72.3 Å². The topological polar surface area (TPSA) is 76.0 Å². The number of methoxy groups -OCH3 is 1. The summed E-state index contributed by atoms with van der Waals surface area (Å²) in [5.41, 5.74) is 1.33. The maximum absolute atomic E-state index is 13.2. The van der Waals surface area contributed by atoms with Gasteiger partial charge in [0.15, 0.2) is 0 Å². The number of ether oxygens (including phenoxy) is 2. The molecule has 36 heavy (non-hydrogen) atoms. The van der Waals surface area contributed by atoms with Crippen LogP contribution in [0.15, 0.2) is 66.7 Å². The second-order valence-corrected chi connectivity index (χ2v) is 15.9. The van der Waals surface area contributed by atoms with Crippen molar-refractivity contribution in [1.29, 1.82) is 0 Å². The zero-order valence-corrected chi connectivity index (χ0v) is 22.8. The van der Waals surface area contributed by atoms with E-state index < -0.39 is 20.3 Å². The van der Waals surface area contributed by atoms with E-state index in [0.717, 1.165) is 11.3 Å². The van der Waals surface area contributed by atoms with Crippen molar-refractivity contribution in [1.82, 2.24) is 0 Å². The van der Waals surface area contributed by atoms with Gasteiger partial charge >= 0.3 is 0 Å². The Bertz CT molecular complexity index is 1030. The van der Waals surface area contributed by atoms with Crippen molar-refractivity contribution in [2.45, 2.75) is 57.2 Å². The monoisotopic (exact) mass is 508 g/mol. The maximum Gasteiger partial charge on any atom is 0.133 e. The van der Waals surface area contributed by atoms with E-state index in [-0.39, 0.29) is 29.2 Å². The lowest BCUT2D eigenvalue weighted by Crippen LogP contribution is -2.54. The van der Waals surface area contributed by atoms with Gasteiger partial charge in [-0.25, -0.2) is 0 Å².